The van der Waals surface area contributed by atoms with E-state index in [1.54, 1.807) is 0 Å². The molecule has 0 aliphatic carbocycles. The van der Waals surface area contributed by atoms with Gasteiger partial charge < -0.3 is 4.74 Å². The number of hydrogen-bond donors (Lipinski definition) is 1. The first-order chi connectivity index (χ1) is 8.97. The normalized spacial score (nSPS) is 12.8. The minimum atomic E-state index is -5.33. The number of aromatic nitrogens is 1. The number of nitrogens with zero attached hydrogens (tertiary/aromatic N) is 1. The van der Waals surface area contributed by atoms with E-state index in [4.69, 9.17) is 11.6 Å². The van der Waals surface area contributed by atoms with Crippen LogP contribution in [0.1, 0.15) is 17.7 Å². The van der Waals surface area contributed by atoms with Crippen LogP contribution in [0.15, 0.2) is 11.1 Å². The zero-order chi connectivity index (χ0) is 15.7. The van der Waals surface area contributed by atoms with Gasteiger partial charge in [-0.05, 0) is 0 Å². The van der Waals surface area contributed by atoms with Gasteiger partial charge in [-0.25, -0.2) is 22.3 Å². The largest absolute Gasteiger partial charge is 0.573 e. The van der Waals surface area contributed by atoms with E-state index < -0.39 is 50.6 Å². The Hall–Kier alpha value is -1.20. The molecule has 0 unspecified atom stereocenters. The minimum absolute atomic E-state index is 0.401. The molecule has 0 bridgehead atoms. The Labute approximate surface area is 114 Å². The first kappa shape index (κ1) is 16.9. The van der Waals surface area contributed by atoms with Crippen molar-refractivity contribution in [1.29, 1.82) is 0 Å². The van der Waals surface area contributed by atoms with Crippen molar-refractivity contribution < 1.29 is 35.1 Å². The van der Waals surface area contributed by atoms with Gasteiger partial charge in [0.25, 0.3) is 6.43 Å². The summed E-state index contributed by atoms with van der Waals surface area (Å²) in [6.45, 7) is 0. The lowest BCUT2D eigenvalue weighted by Crippen LogP contribution is -2.22. The number of alkyl halides is 6. The van der Waals surface area contributed by atoms with Crippen LogP contribution in [-0.4, -0.2) is 19.8 Å². The topological polar surface area (TPSA) is 82.3 Å². The van der Waals surface area contributed by atoms with Crippen molar-refractivity contribution in [2.75, 3.05) is 0 Å². The molecule has 0 saturated carbocycles. The third-order valence-electron chi connectivity index (χ3n) is 1.98. The molecule has 0 saturated heterocycles. The second kappa shape index (κ2) is 5.66. The fourth-order valence-electron chi connectivity index (χ4n) is 1.29. The molecule has 20 heavy (non-hydrogen) atoms. The average Bonchev–Trinajstić information content (AvgIpc) is 2.24. The Bertz CT molecular complexity index is 605. The highest BCUT2D eigenvalue weighted by atomic mass is 35.5. The van der Waals surface area contributed by atoms with Crippen molar-refractivity contribution in [1.82, 2.24) is 4.98 Å². The molecule has 0 fully saturated rings. The molecule has 1 heterocycles. The third kappa shape index (κ3) is 3.90. The summed E-state index contributed by atoms with van der Waals surface area (Å²) >= 11 is 5.27. The Morgan fingerprint density at radius 1 is 1.40 bits per heavy atom. The van der Waals surface area contributed by atoms with Crippen molar-refractivity contribution in [3.8, 4) is 5.75 Å². The standard InChI is InChI=1S/C8H6ClF5N2O3S/c9-1-3-6(19-8(12,13)14)5(7(10)11)4(2-16-3)20(15,17)18/h2,7H,1H2,(H2,15,17,18). The van der Waals surface area contributed by atoms with Crippen LogP contribution in [0.25, 0.3) is 0 Å². The molecule has 0 amide bonds. The minimum Gasteiger partial charge on any atom is -0.403 e. The molecule has 12 heteroatoms. The van der Waals surface area contributed by atoms with Gasteiger partial charge in [0.15, 0.2) is 5.75 Å². The van der Waals surface area contributed by atoms with Crippen LogP contribution < -0.4 is 9.88 Å². The van der Waals surface area contributed by atoms with E-state index in [1.807, 2.05) is 0 Å². The number of halogens is 6. The number of pyridine rings is 1. The van der Waals surface area contributed by atoms with E-state index in [9.17, 15) is 30.4 Å². The lowest BCUT2D eigenvalue weighted by Gasteiger charge is -2.17. The Kier molecular flexibility index (Phi) is 4.77. The van der Waals surface area contributed by atoms with Crippen molar-refractivity contribution in [3.63, 3.8) is 0 Å². The highest BCUT2D eigenvalue weighted by Crippen LogP contribution is 2.39. The maximum Gasteiger partial charge on any atom is 0.573 e. The van der Waals surface area contributed by atoms with Gasteiger partial charge >= 0.3 is 6.36 Å². The second-order valence-corrected chi connectivity index (χ2v) is 5.14. The lowest BCUT2D eigenvalue weighted by molar-refractivity contribution is -0.275. The fraction of sp³-hybridized carbons (Fsp3) is 0.375. The summed E-state index contributed by atoms with van der Waals surface area (Å²) in [5.74, 6) is -2.16. The van der Waals surface area contributed by atoms with Gasteiger partial charge in [0.1, 0.15) is 4.90 Å². The molecule has 5 nitrogen and oxygen atoms in total. The molecule has 0 aromatic carbocycles. The smallest absolute Gasteiger partial charge is 0.403 e. The maximum atomic E-state index is 12.9. The maximum absolute atomic E-state index is 12.9. The first-order valence-electron chi connectivity index (χ1n) is 4.61. The molecule has 0 atom stereocenters. The van der Waals surface area contributed by atoms with Crippen LogP contribution in [0.5, 0.6) is 5.75 Å². The Morgan fingerprint density at radius 3 is 2.30 bits per heavy atom. The molecule has 1 aromatic rings. The SMILES string of the molecule is NS(=O)(=O)c1cnc(CCl)c(OC(F)(F)F)c1C(F)F. The number of primary sulfonamides is 1. The number of sulfonamides is 1. The molecule has 1 aromatic heterocycles. The summed E-state index contributed by atoms with van der Waals surface area (Å²) in [6.07, 6.45) is -8.52. The Balaban J connectivity index is 3.67. The van der Waals surface area contributed by atoms with E-state index in [0.29, 0.717) is 6.20 Å². The molecule has 1 rings (SSSR count). The molecule has 0 aliphatic heterocycles. The summed E-state index contributed by atoms with van der Waals surface area (Å²) in [5, 5.41) is 4.65. The summed E-state index contributed by atoms with van der Waals surface area (Å²) in [6, 6.07) is 0. The van der Waals surface area contributed by atoms with E-state index in [-0.39, 0.29) is 0 Å². The van der Waals surface area contributed by atoms with Crippen LogP contribution in [0.3, 0.4) is 0 Å². The molecule has 2 N–H and O–H groups in total. The van der Waals surface area contributed by atoms with Crippen molar-refractivity contribution >= 4 is 21.6 Å². The summed E-state index contributed by atoms with van der Waals surface area (Å²) in [7, 11) is -4.71. The predicted molar refractivity (Wildman–Crippen MR) is 56.8 cm³/mol. The molecular formula is C8H6ClF5N2O3S. The van der Waals surface area contributed by atoms with Gasteiger partial charge in [-0.15, -0.1) is 24.8 Å². The van der Waals surface area contributed by atoms with Crippen LogP contribution in [0.4, 0.5) is 22.0 Å². The molecule has 114 valence electrons. The molecule has 0 spiro atoms. The van der Waals surface area contributed by atoms with E-state index >= 15 is 0 Å². The van der Waals surface area contributed by atoms with Gasteiger partial charge in [-0.3, -0.25) is 4.98 Å². The van der Waals surface area contributed by atoms with E-state index in [1.165, 1.54) is 0 Å². The average molecular weight is 341 g/mol. The van der Waals surface area contributed by atoms with Gasteiger partial charge in [0.05, 0.1) is 17.1 Å². The number of rotatable bonds is 4. The van der Waals surface area contributed by atoms with Crippen molar-refractivity contribution in [3.05, 3.63) is 17.5 Å². The van der Waals surface area contributed by atoms with Gasteiger partial charge in [-0.1, -0.05) is 0 Å². The summed E-state index contributed by atoms with van der Waals surface area (Å²) < 4.78 is 88.0. The van der Waals surface area contributed by atoms with Crippen LogP contribution in [0.2, 0.25) is 0 Å². The number of ether oxygens (including phenoxy) is 1. The number of nitrogens with two attached hydrogens (primary N) is 1. The predicted octanol–water partition coefficient (Wildman–Crippen LogP) is 2.30. The van der Waals surface area contributed by atoms with E-state index in [2.05, 4.69) is 14.9 Å². The van der Waals surface area contributed by atoms with Gasteiger partial charge in [-0.2, -0.15) is 0 Å². The Morgan fingerprint density at radius 2 is 1.95 bits per heavy atom. The summed E-state index contributed by atoms with van der Waals surface area (Å²) in [5.41, 5.74) is -2.22. The van der Waals surface area contributed by atoms with Gasteiger partial charge in [0, 0.05) is 6.20 Å². The third-order valence-corrected chi connectivity index (χ3v) is 3.17. The van der Waals surface area contributed by atoms with Crippen LogP contribution >= 0.6 is 11.6 Å². The lowest BCUT2D eigenvalue weighted by atomic mass is 10.2. The quantitative estimate of drug-likeness (QED) is 0.673. The van der Waals surface area contributed by atoms with Crippen LogP contribution in [-0.2, 0) is 15.9 Å². The fourth-order valence-corrected chi connectivity index (χ4v) is 2.17. The second-order valence-electron chi connectivity index (χ2n) is 3.34. The highest BCUT2D eigenvalue weighted by molar-refractivity contribution is 7.89. The molecular weight excluding hydrogens is 335 g/mol. The van der Waals surface area contributed by atoms with Crippen LogP contribution in [0, 0.1) is 0 Å². The first-order valence-corrected chi connectivity index (χ1v) is 6.70. The summed E-state index contributed by atoms with van der Waals surface area (Å²) in [4.78, 5) is 1.98. The zero-order valence-electron chi connectivity index (χ0n) is 9.29. The highest BCUT2D eigenvalue weighted by Gasteiger charge is 2.37. The van der Waals surface area contributed by atoms with E-state index in [0.717, 1.165) is 0 Å². The number of hydrogen-bond acceptors (Lipinski definition) is 4. The molecule has 0 aliphatic rings. The zero-order valence-corrected chi connectivity index (χ0v) is 10.9. The van der Waals surface area contributed by atoms with Gasteiger partial charge in [0.2, 0.25) is 10.0 Å². The monoisotopic (exact) mass is 340 g/mol. The molecule has 0 radical (unpaired) electrons. The van der Waals surface area contributed by atoms with Crippen molar-refractivity contribution in [2.45, 2.75) is 23.6 Å². The van der Waals surface area contributed by atoms with Crippen molar-refractivity contribution in [2.24, 2.45) is 5.14 Å².